The molecule has 1 aromatic carbocycles. The SMILES string of the molecule is NCC(O)CSc1ccccc1Cl. The fourth-order valence-corrected chi connectivity index (χ4v) is 2.00. The predicted molar refractivity (Wildman–Crippen MR) is 57.2 cm³/mol. The lowest BCUT2D eigenvalue weighted by molar-refractivity contribution is 0.208. The first-order valence-corrected chi connectivity index (χ1v) is 5.36. The van der Waals surface area contributed by atoms with E-state index >= 15 is 0 Å². The number of rotatable bonds is 4. The van der Waals surface area contributed by atoms with Crippen molar-refractivity contribution in [3.63, 3.8) is 0 Å². The lowest BCUT2D eigenvalue weighted by atomic mass is 10.4. The Morgan fingerprint density at radius 3 is 2.77 bits per heavy atom. The third kappa shape index (κ3) is 3.56. The smallest absolute Gasteiger partial charge is 0.0756 e. The minimum Gasteiger partial charge on any atom is -0.391 e. The number of aliphatic hydroxyl groups is 1. The number of hydrogen-bond donors (Lipinski definition) is 2. The van der Waals surface area contributed by atoms with Crippen LogP contribution in [0.1, 0.15) is 0 Å². The third-order valence-electron chi connectivity index (χ3n) is 1.54. The van der Waals surface area contributed by atoms with E-state index in [4.69, 9.17) is 17.3 Å². The van der Waals surface area contributed by atoms with Gasteiger partial charge in [-0.25, -0.2) is 0 Å². The van der Waals surface area contributed by atoms with Gasteiger partial charge in [0, 0.05) is 17.2 Å². The molecule has 1 unspecified atom stereocenters. The highest BCUT2D eigenvalue weighted by Crippen LogP contribution is 2.26. The Morgan fingerprint density at radius 1 is 1.46 bits per heavy atom. The van der Waals surface area contributed by atoms with Gasteiger partial charge in [0.2, 0.25) is 0 Å². The molecule has 72 valence electrons. The summed E-state index contributed by atoms with van der Waals surface area (Å²) >= 11 is 7.43. The normalized spacial score (nSPS) is 12.8. The molecule has 0 bridgehead atoms. The van der Waals surface area contributed by atoms with E-state index < -0.39 is 6.10 Å². The molecule has 0 fully saturated rings. The van der Waals surface area contributed by atoms with Crippen LogP contribution in [0.15, 0.2) is 29.2 Å². The van der Waals surface area contributed by atoms with Gasteiger partial charge < -0.3 is 10.8 Å². The molecule has 1 aromatic rings. The van der Waals surface area contributed by atoms with E-state index in [9.17, 15) is 5.11 Å². The number of halogens is 1. The van der Waals surface area contributed by atoms with Crippen LogP contribution in [-0.4, -0.2) is 23.5 Å². The molecule has 0 radical (unpaired) electrons. The fourth-order valence-electron chi connectivity index (χ4n) is 0.816. The van der Waals surface area contributed by atoms with Crippen molar-refractivity contribution in [3.05, 3.63) is 29.3 Å². The van der Waals surface area contributed by atoms with Crippen LogP contribution in [0.25, 0.3) is 0 Å². The van der Waals surface area contributed by atoms with Crippen LogP contribution in [0.4, 0.5) is 0 Å². The maximum absolute atomic E-state index is 9.22. The topological polar surface area (TPSA) is 46.2 Å². The Bertz CT molecular complexity index is 270. The number of thioether (sulfide) groups is 1. The van der Waals surface area contributed by atoms with Crippen molar-refractivity contribution in [2.45, 2.75) is 11.0 Å². The Kier molecular flexibility index (Phi) is 4.59. The summed E-state index contributed by atoms with van der Waals surface area (Å²) in [5.41, 5.74) is 5.28. The summed E-state index contributed by atoms with van der Waals surface area (Å²) in [6, 6.07) is 7.56. The zero-order valence-corrected chi connectivity index (χ0v) is 8.68. The summed E-state index contributed by atoms with van der Waals surface area (Å²) < 4.78 is 0. The second kappa shape index (κ2) is 5.50. The minimum absolute atomic E-state index is 0.289. The Balaban J connectivity index is 2.50. The number of hydrogen-bond acceptors (Lipinski definition) is 3. The fraction of sp³-hybridized carbons (Fsp3) is 0.333. The van der Waals surface area contributed by atoms with E-state index in [1.807, 2.05) is 24.3 Å². The second-order valence-electron chi connectivity index (χ2n) is 2.63. The van der Waals surface area contributed by atoms with E-state index in [0.29, 0.717) is 5.75 Å². The van der Waals surface area contributed by atoms with E-state index in [2.05, 4.69) is 0 Å². The van der Waals surface area contributed by atoms with Gasteiger partial charge in [-0.1, -0.05) is 23.7 Å². The van der Waals surface area contributed by atoms with Gasteiger partial charge >= 0.3 is 0 Å². The average Bonchev–Trinajstić information content (AvgIpc) is 2.16. The Labute approximate surface area is 87.1 Å². The van der Waals surface area contributed by atoms with E-state index in [1.54, 1.807) is 0 Å². The standard InChI is InChI=1S/C9H12ClNOS/c10-8-3-1-2-4-9(8)13-6-7(12)5-11/h1-4,7,12H,5-6,11H2. The summed E-state index contributed by atoms with van der Waals surface area (Å²) in [5.74, 6) is 0.584. The highest BCUT2D eigenvalue weighted by atomic mass is 35.5. The quantitative estimate of drug-likeness (QED) is 0.756. The van der Waals surface area contributed by atoms with Gasteiger partial charge in [-0.05, 0) is 12.1 Å². The molecule has 0 saturated carbocycles. The van der Waals surface area contributed by atoms with Gasteiger partial charge in [-0.3, -0.25) is 0 Å². The van der Waals surface area contributed by atoms with Gasteiger partial charge in [-0.15, -0.1) is 11.8 Å². The van der Waals surface area contributed by atoms with Crippen LogP contribution < -0.4 is 5.73 Å². The lowest BCUT2D eigenvalue weighted by Crippen LogP contribution is -2.21. The summed E-state index contributed by atoms with van der Waals surface area (Å²) in [6.07, 6.45) is -0.457. The first-order chi connectivity index (χ1) is 6.24. The van der Waals surface area contributed by atoms with Gasteiger partial charge in [0.15, 0.2) is 0 Å². The monoisotopic (exact) mass is 217 g/mol. The van der Waals surface area contributed by atoms with E-state index in [0.717, 1.165) is 9.92 Å². The molecular weight excluding hydrogens is 206 g/mol. The van der Waals surface area contributed by atoms with Crippen molar-refractivity contribution in [2.75, 3.05) is 12.3 Å². The van der Waals surface area contributed by atoms with Crippen molar-refractivity contribution in [1.29, 1.82) is 0 Å². The van der Waals surface area contributed by atoms with Crippen molar-refractivity contribution in [1.82, 2.24) is 0 Å². The van der Waals surface area contributed by atoms with Gasteiger partial charge in [0.1, 0.15) is 0 Å². The molecule has 0 aliphatic rings. The van der Waals surface area contributed by atoms with Gasteiger partial charge in [0.05, 0.1) is 11.1 Å². The van der Waals surface area contributed by atoms with Crippen molar-refractivity contribution in [2.24, 2.45) is 5.73 Å². The molecule has 0 aromatic heterocycles. The first kappa shape index (κ1) is 10.9. The van der Waals surface area contributed by atoms with Crippen molar-refractivity contribution < 1.29 is 5.11 Å². The molecule has 0 aliphatic carbocycles. The largest absolute Gasteiger partial charge is 0.391 e. The number of aliphatic hydroxyl groups excluding tert-OH is 1. The highest BCUT2D eigenvalue weighted by Gasteiger charge is 2.04. The number of nitrogens with two attached hydrogens (primary N) is 1. The summed E-state index contributed by atoms with van der Waals surface area (Å²) in [4.78, 5) is 0.983. The van der Waals surface area contributed by atoms with Gasteiger partial charge in [-0.2, -0.15) is 0 Å². The molecular formula is C9H12ClNOS. The molecule has 2 nitrogen and oxygen atoms in total. The number of benzene rings is 1. The average molecular weight is 218 g/mol. The van der Waals surface area contributed by atoms with Crippen LogP contribution in [0.5, 0.6) is 0 Å². The summed E-state index contributed by atoms with van der Waals surface area (Å²) in [7, 11) is 0. The minimum atomic E-state index is -0.457. The molecule has 13 heavy (non-hydrogen) atoms. The lowest BCUT2D eigenvalue weighted by Gasteiger charge is -2.07. The maximum atomic E-state index is 9.22. The Hall–Kier alpha value is -0.220. The molecule has 0 saturated heterocycles. The first-order valence-electron chi connectivity index (χ1n) is 3.99. The zero-order valence-electron chi connectivity index (χ0n) is 7.11. The molecule has 3 N–H and O–H groups in total. The van der Waals surface area contributed by atoms with Crippen molar-refractivity contribution >= 4 is 23.4 Å². The van der Waals surface area contributed by atoms with Crippen LogP contribution in [-0.2, 0) is 0 Å². The van der Waals surface area contributed by atoms with Crippen molar-refractivity contribution in [3.8, 4) is 0 Å². The molecule has 0 amide bonds. The van der Waals surface area contributed by atoms with Crippen LogP contribution in [0.3, 0.4) is 0 Å². The Morgan fingerprint density at radius 2 is 2.15 bits per heavy atom. The molecule has 1 atom stereocenters. The summed E-state index contributed by atoms with van der Waals surface area (Å²) in [5, 5.41) is 9.94. The highest BCUT2D eigenvalue weighted by molar-refractivity contribution is 7.99. The maximum Gasteiger partial charge on any atom is 0.0756 e. The zero-order chi connectivity index (χ0) is 9.68. The van der Waals surface area contributed by atoms with Crippen LogP contribution in [0.2, 0.25) is 5.02 Å². The van der Waals surface area contributed by atoms with Gasteiger partial charge in [0.25, 0.3) is 0 Å². The molecule has 0 heterocycles. The molecule has 4 heteroatoms. The van der Waals surface area contributed by atoms with Crippen LogP contribution >= 0.6 is 23.4 Å². The van der Waals surface area contributed by atoms with E-state index in [-0.39, 0.29) is 6.54 Å². The molecule has 0 spiro atoms. The third-order valence-corrected chi connectivity index (χ3v) is 3.20. The van der Waals surface area contributed by atoms with E-state index in [1.165, 1.54) is 11.8 Å². The second-order valence-corrected chi connectivity index (χ2v) is 4.10. The molecule has 0 aliphatic heterocycles. The summed E-state index contributed by atoms with van der Waals surface area (Å²) in [6.45, 7) is 0.289. The predicted octanol–water partition coefficient (Wildman–Crippen LogP) is 1.75. The van der Waals surface area contributed by atoms with Crippen LogP contribution in [0, 0.1) is 0 Å². The molecule has 1 rings (SSSR count).